The average molecular weight is 495 g/mol. The van der Waals surface area contributed by atoms with Crippen LogP contribution in [0.3, 0.4) is 0 Å². The fourth-order valence-electron chi connectivity index (χ4n) is 4.16. The van der Waals surface area contributed by atoms with E-state index in [0.29, 0.717) is 11.4 Å². The van der Waals surface area contributed by atoms with Crippen LogP contribution >= 0.6 is 11.8 Å². The summed E-state index contributed by atoms with van der Waals surface area (Å²) in [5.41, 5.74) is 1.64. The topological polar surface area (TPSA) is 85.4 Å². The van der Waals surface area contributed by atoms with Crippen LogP contribution in [0.15, 0.2) is 41.3 Å². The van der Waals surface area contributed by atoms with Crippen LogP contribution in [0.25, 0.3) is 0 Å². The minimum atomic E-state index is -4.02. The highest BCUT2D eigenvalue weighted by Gasteiger charge is 2.47. The van der Waals surface area contributed by atoms with Gasteiger partial charge in [0.1, 0.15) is 30.8 Å². The largest absolute Gasteiger partial charge is 0.489 e. The number of thioether (sulfide) groups is 1. The van der Waals surface area contributed by atoms with E-state index in [1.165, 1.54) is 23.1 Å². The number of aryl methyl sites for hydroxylation is 1. The van der Waals surface area contributed by atoms with Crippen molar-refractivity contribution in [2.45, 2.75) is 24.0 Å². The molecule has 3 heterocycles. The number of carbonyl (C=O) groups excluding carboxylic acids is 1. The molecule has 0 bridgehead atoms. The highest BCUT2D eigenvalue weighted by Crippen LogP contribution is 2.42. The Balaban J connectivity index is 1.33. The SMILES string of the molecule is Cc1ccc(S(=O)(=O)OC[C@@H]2OC(=O)N3c4cc(F)c(N5CCSCC5)cc4OC[C@@H]23)cc1. The molecule has 8 nitrogen and oxygen atoms in total. The summed E-state index contributed by atoms with van der Waals surface area (Å²) in [5.74, 6) is 1.79. The van der Waals surface area contributed by atoms with Gasteiger partial charge in [0.15, 0.2) is 6.10 Å². The number of ether oxygens (including phenoxy) is 2. The molecule has 0 aliphatic carbocycles. The first-order chi connectivity index (χ1) is 15.8. The number of fused-ring (bicyclic) bond motifs is 3. The Hall–Kier alpha value is -2.50. The molecule has 2 atom stereocenters. The maximum absolute atomic E-state index is 15.0. The first-order valence-electron chi connectivity index (χ1n) is 10.6. The summed E-state index contributed by atoms with van der Waals surface area (Å²) in [5, 5.41) is 0. The molecular weight excluding hydrogens is 471 g/mol. The van der Waals surface area contributed by atoms with Crippen molar-refractivity contribution in [3.63, 3.8) is 0 Å². The summed E-state index contributed by atoms with van der Waals surface area (Å²) in [6, 6.07) is 8.53. The number of benzene rings is 2. The molecule has 2 saturated heterocycles. The summed E-state index contributed by atoms with van der Waals surface area (Å²) in [7, 11) is -4.02. The van der Waals surface area contributed by atoms with Crippen LogP contribution in [0.5, 0.6) is 5.75 Å². The van der Waals surface area contributed by atoms with E-state index < -0.39 is 34.2 Å². The van der Waals surface area contributed by atoms with Crippen LogP contribution in [-0.2, 0) is 19.0 Å². The van der Waals surface area contributed by atoms with Crippen LogP contribution in [0.1, 0.15) is 5.56 Å². The fraction of sp³-hybridized carbons (Fsp3) is 0.409. The van der Waals surface area contributed by atoms with Crippen LogP contribution in [0, 0.1) is 12.7 Å². The second kappa shape index (κ2) is 8.69. The Morgan fingerprint density at radius 3 is 2.61 bits per heavy atom. The molecule has 3 aliphatic heterocycles. The molecule has 176 valence electrons. The molecular formula is C22H23FN2O6S2. The molecule has 2 aromatic carbocycles. The Bertz CT molecular complexity index is 1170. The molecule has 33 heavy (non-hydrogen) atoms. The fourth-order valence-corrected chi connectivity index (χ4v) is 5.98. The smallest absolute Gasteiger partial charge is 0.415 e. The molecule has 2 aromatic rings. The molecule has 0 unspecified atom stereocenters. The number of rotatable bonds is 5. The molecule has 5 rings (SSSR count). The summed E-state index contributed by atoms with van der Waals surface area (Å²) >= 11 is 1.83. The monoisotopic (exact) mass is 494 g/mol. The Labute approximate surface area is 195 Å². The predicted octanol–water partition coefficient (Wildman–Crippen LogP) is 3.18. The molecule has 1 amide bonds. The number of cyclic esters (lactones) is 1. The zero-order chi connectivity index (χ0) is 23.2. The van der Waals surface area contributed by atoms with Gasteiger partial charge in [-0.3, -0.25) is 9.08 Å². The number of anilines is 2. The second-order valence-corrected chi connectivity index (χ2v) is 10.9. The summed E-state index contributed by atoms with van der Waals surface area (Å²) < 4.78 is 56.4. The third-order valence-electron chi connectivity index (χ3n) is 5.96. The van der Waals surface area contributed by atoms with E-state index in [1.807, 2.05) is 23.6 Å². The average Bonchev–Trinajstić information content (AvgIpc) is 3.14. The lowest BCUT2D eigenvalue weighted by Gasteiger charge is -2.34. The summed E-state index contributed by atoms with van der Waals surface area (Å²) in [6.45, 7) is 3.04. The zero-order valence-electron chi connectivity index (χ0n) is 17.9. The second-order valence-electron chi connectivity index (χ2n) is 8.09. The first kappa shape index (κ1) is 22.3. The Morgan fingerprint density at radius 2 is 1.88 bits per heavy atom. The van der Waals surface area contributed by atoms with E-state index >= 15 is 0 Å². The number of nitrogens with zero attached hydrogens (tertiary/aromatic N) is 2. The van der Waals surface area contributed by atoms with Crippen LogP contribution < -0.4 is 14.5 Å². The van der Waals surface area contributed by atoms with Crippen LogP contribution in [-0.4, -0.2) is 64.5 Å². The van der Waals surface area contributed by atoms with Gasteiger partial charge in [-0.2, -0.15) is 20.2 Å². The van der Waals surface area contributed by atoms with Crippen molar-refractivity contribution < 1.29 is 31.3 Å². The first-order valence-corrected chi connectivity index (χ1v) is 13.1. The molecule has 0 aromatic heterocycles. The lowest BCUT2D eigenvalue weighted by atomic mass is 10.1. The maximum atomic E-state index is 15.0. The van der Waals surface area contributed by atoms with Gasteiger partial charge in [0, 0.05) is 36.7 Å². The minimum Gasteiger partial charge on any atom is -0.489 e. The Morgan fingerprint density at radius 1 is 1.15 bits per heavy atom. The Kier molecular flexibility index (Phi) is 5.87. The quantitative estimate of drug-likeness (QED) is 0.586. The van der Waals surface area contributed by atoms with Gasteiger partial charge in [-0.05, 0) is 19.1 Å². The van der Waals surface area contributed by atoms with Crippen molar-refractivity contribution in [1.29, 1.82) is 0 Å². The van der Waals surface area contributed by atoms with Gasteiger partial charge < -0.3 is 14.4 Å². The third-order valence-corrected chi connectivity index (χ3v) is 8.19. The predicted molar refractivity (Wildman–Crippen MR) is 122 cm³/mol. The lowest BCUT2D eigenvalue weighted by molar-refractivity contribution is 0.0840. The van der Waals surface area contributed by atoms with E-state index in [9.17, 15) is 17.6 Å². The van der Waals surface area contributed by atoms with Gasteiger partial charge in [0.25, 0.3) is 10.1 Å². The molecule has 3 aliphatic rings. The summed E-state index contributed by atoms with van der Waals surface area (Å²) in [4.78, 5) is 15.9. The van der Waals surface area contributed by atoms with Crippen LogP contribution in [0.2, 0.25) is 0 Å². The van der Waals surface area contributed by atoms with Crippen molar-refractivity contribution in [1.82, 2.24) is 0 Å². The molecule has 0 radical (unpaired) electrons. The number of halogens is 1. The van der Waals surface area contributed by atoms with E-state index in [1.54, 1.807) is 18.2 Å². The molecule has 2 fully saturated rings. The standard InChI is InChI=1S/C22H23FN2O6S2/c1-14-2-4-15(5-3-14)33(27,28)30-13-21-19-12-29-20-11-17(24-6-8-32-9-7-24)16(23)10-18(20)25(19)22(26)31-21/h2-5,10-11,19,21H,6-9,12-13H2,1H3/t19-,21-/m0/s1. The van der Waals surface area contributed by atoms with Gasteiger partial charge in [-0.15, -0.1) is 0 Å². The number of amides is 1. The summed E-state index contributed by atoms with van der Waals surface area (Å²) in [6.07, 6.45) is -1.57. The third kappa shape index (κ3) is 4.24. The van der Waals surface area contributed by atoms with Crippen molar-refractivity contribution in [2.75, 3.05) is 47.6 Å². The van der Waals surface area contributed by atoms with Gasteiger partial charge >= 0.3 is 6.09 Å². The van der Waals surface area contributed by atoms with Crippen LogP contribution in [0.4, 0.5) is 20.6 Å². The molecule has 0 saturated carbocycles. The normalized spacial score (nSPS) is 22.4. The van der Waals surface area contributed by atoms with Gasteiger partial charge in [0.05, 0.1) is 16.3 Å². The molecule has 0 spiro atoms. The lowest BCUT2D eigenvalue weighted by Crippen LogP contribution is -2.46. The maximum Gasteiger partial charge on any atom is 0.415 e. The molecule has 11 heteroatoms. The van der Waals surface area contributed by atoms with E-state index in [2.05, 4.69) is 0 Å². The number of hydrogen-bond acceptors (Lipinski definition) is 8. The van der Waals surface area contributed by atoms with Gasteiger partial charge in [-0.1, -0.05) is 17.7 Å². The van der Waals surface area contributed by atoms with E-state index in [0.717, 1.165) is 30.2 Å². The van der Waals surface area contributed by atoms with E-state index in [4.69, 9.17) is 13.7 Å². The molecule has 0 N–H and O–H groups in total. The van der Waals surface area contributed by atoms with Gasteiger partial charge in [0.2, 0.25) is 0 Å². The van der Waals surface area contributed by atoms with E-state index in [-0.39, 0.29) is 23.8 Å². The van der Waals surface area contributed by atoms with Crippen molar-refractivity contribution >= 4 is 39.3 Å². The van der Waals surface area contributed by atoms with Gasteiger partial charge in [-0.25, -0.2) is 9.18 Å². The number of carbonyl (C=O) groups is 1. The van der Waals surface area contributed by atoms with Crippen molar-refractivity contribution in [3.8, 4) is 5.75 Å². The van der Waals surface area contributed by atoms with Crippen molar-refractivity contribution in [2.24, 2.45) is 0 Å². The zero-order valence-corrected chi connectivity index (χ0v) is 19.5. The highest BCUT2D eigenvalue weighted by molar-refractivity contribution is 7.99. The minimum absolute atomic E-state index is 0.0187. The number of hydrogen-bond donors (Lipinski definition) is 0. The highest BCUT2D eigenvalue weighted by atomic mass is 32.2. The van der Waals surface area contributed by atoms with Crippen molar-refractivity contribution in [3.05, 3.63) is 47.8 Å².